The number of hydrogen-bond acceptors (Lipinski definition) is 2. The average molecular weight is 259 g/mol. The molecule has 100 valence electrons. The van der Waals surface area contributed by atoms with Crippen molar-refractivity contribution in [3.63, 3.8) is 0 Å². The van der Waals surface area contributed by atoms with Crippen molar-refractivity contribution in [2.75, 3.05) is 13.7 Å². The lowest BCUT2D eigenvalue weighted by Crippen LogP contribution is -2.37. The second-order valence-electron chi connectivity index (χ2n) is 4.47. The molecule has 0 saturated heterocycles. The molecule has 1 N–H and O–H groups in total. The van der Waals surface area contributed by atoms with Crippen LogP contribution in [0.15, 0.2) is 24.3 Å². The number of benzene rings is 1. The number of likely N-dealkylation sites (N-methyl/N-ethyl adjacent to an activating group) is 1. The van der Waals surface area contributed by atoms with Gasteiger partial charge in [0.1, 0.15) is 6.61 Å². The topological polar surface area (TPSA) is 21.3 Å². The van der Waals surface area contributed by atoms with Crippen molar-refractivity contribution in [2.45, 2.75) is 31.2 Å². The molecule has 1 aromatic rings. The van der Waals surface area contributed by atoms with Crippen LogP contribution in [0.4, 0.5) is 13.2 Å². The minimum Gasteiger partial charge on any atom is -0.367 e. The molecule has 5 heteroatoms. The molecule has 1 aliphatic carbocycles. The zero-order valence-corrected chi connectivity index (χ0v) is 10.1. The summed E-state index contributed by atoms with van der Waals surface area (Å²) in [5, 5.41) is 3.05. The van der Waals surface area contributed by atoms with Crippen molar-refractivity contribution in [3.8, 4) is 0 Å². The summed E-state index contributed by atoms with van der Waals surface area (Å²) >= 11 is 0. The number of fused-ring (bicyclic) bond motifs is 1. The summed E-state index contributed by atoms with van der Waals surface area (Å²) in [7, 11) is 1.75. The van der Waals surface area contributed by atoms with Gasteiger partial charge in [-0.3, -0.25) is 0 Å². The van der Waals surface area contributed by atoms with Crippen molar-refractivity contribution >= 4 is 0 Å². The van der Waals surface area contributed by atoms with Crippen molar-refractivity contribution in [3.05, 3.63) is 35.4 Å². The largest absolute Gasteiger partial charge is 0.411 e. The van der Waals surface area contributed by atoms with Gasteiger partial charge in [-0.05, 0) is 31.0 Å². The molecule has 0 fully saturated rings. The Morgan fingerprint density at radius 2 is 2.06 bits per heavy atom. The number of rotatable bonds is 3. The molecule has 0 saturated carbocycles. The average Bonchev–Trinajstić information content (AvgIpc) is 2.34. The maximum atomic E-state index is 12.2. The van der Waals surface area contributed by atoms with Gasteiger partial charge in [-0.1, -0.05) is 24.3 Å². The van der Waals surface area contributed by atoms with Crippen molar-refractivity contribution < 1.29 is 17.9 Å². The molecule has 2 rings (SSSR count). The molecule has 1 aliphatic rings. The van der Waals surface area contributed by atoms with Crippen LogP contribution in [0.1, 0.15) is 23.6 Å². The maximum absolute atomic E-state index is 12.2. The summed E-state index contributed by atoms with van der Waals surface area (Å²) in [5.74, 6) is 0. The van der Waals surface area contributed by atoms with Crippen LogP contribution in [-0.4, -0.2) is 25.9 Å². The monoisotopic (exact) mass is 259 g/mol. The first-order chi connectivity index (χ1) is 8.51. The first-order valence-electron chi connectivity index (χ1n) is 5.94. The molecule has 0 radical (unpaired) electrons. The first kappa shape index (κ1) is 13.4. The van der Waals surface area contributed by atoms with E-state index in [1.807, 2.05) is 24.3 Å². The third kappa shape index (κ3) is 3.03. The maximum Gasteiger partial charge on any atom is 0.411 e. The van der Waals surface area contributed by atoms with Gasteiger partial charge in [0.15, 0.2) is 0 Å². The second kappa shape index (κ2) is 5.28. The van der Waals surface area contributed by atoms with Crippen LogP contribution >= 0.6 is 0 Å². The summed E-state index contributed by atoms with van der Waals surface area (Å²) in [4.78, 5) is 0. The summed E-state index contributed by atoms with van der Waals surface area (Å²) < 4.78 is 41.6. The molecule has 0 aliphatic heterocycles. The standard InChI is InChI=1S/C13H16F3NO/c1-17-12-10-5-3-2-4-9(10)6-7-11(12)18-8-13(14,15)16/h2-5,11-12,17H,6-8H2,1H3. The zero-order chi connectivity index (χ0) is 13.2. The van der Waals surface area contributed by atoms with E-state index in [-0.39, 0.29) is 6.04 Å². The highest BCUT2D eigenvalue weighted by molar-refractivity contribution is 5.33. The van der Waals surface area contributed by atoms with Gasteiger partial charge < -0.3 is 10.1 Å². The highest BCUT2D eigenvalue weighted by Gasteiger charge is 2.34. The Labute approximate surface area is 104 Å². The third-order valence-corrected chi connectivity index (χ3v) is 3.23. The van der Waals surface area contributed by atoms with Crippen LogP contribution in [0.3, 0.4) is 0 Å². The SMILES string of the molecule is CNC1c2ccccc2CCC1OCC(F)(F)F. The van der Waals surface area contributed by atoms with Crippen molar-refractivity contribution in [1.29, 1.82) is 0 Å². The Bertz CT molecular complexity index is 405. The van der Waals surface area contributed by atoms with E-state index in [4.69, 9.17) is 4.74 Å². The highest BCUT2D eigenvalue weighted by atomic mass is 19.4. The molecule has 1 aromatic carbocycles. The fourth-order valence-electron chi connectivity index (χ4n) is 2.45. The van der Waals surface area contributed by atoms with Crippen LogP contribution in [0, 0.1) is 0 Å². The van der Waals surface area contributed by atoms with E-state index < -0.39 is 18.9 Å². The van der Waals surface area contributed by atoms with E-state index in [1.54, 1.807) is 7.05 Å². The van der Waals surface area contributed by atoms with Crippen LogP contribution in [0.25, 0.3) is 0 Å². The lowest BCUT2D eigenvalue weighted by molar-refractivity contribution is -0.189. The minimum absolute atomic E-state index is 0.169. The fraction of sp³-hybridized carbons (Fsp3) is 0.538. The normalized spacial score (nSPS) is 23.8. The predicted octanol–water partition coefficient (Wildman–Crippen LogP) is 2.84. The number of halogens is 3. The molecule has 2 nitrogen and oxygen atoms in total. The molecular formula is C13H16F3NO. The number of hydrogen-bond donors (Lipinski definition) is 1. The van der Waals surface area contributed by atoms with Gasteiger partial charge in [0.25, 0.3) is 0 Å². The zero-order valence-electron chi connectivity index (χ0n) is 10.1. The summed E-state index contributed by atoms with van der Waals surface area (Å²) in [6.45, 7) is -1.18. The lowest BCUT2D eigenvalue weighted by atomic mass is 9.85. The molecule has 2 unspecified atom stereocenters. The molecule has 0 spiro atoms. The van der Waals surface area contributed by atoms with Gasteiger partial charge in [0.05, 0.1) is 12.1 Å². The molecule has 0 heterocycles. The minimum atomic E-state index is -4.27. The van der Waals surface area contributed by atoms with Gasteiger partial charge >= 0.3 is 6.18 Å². The van der Waals surface area contributed by atoms with E-state index in [1.165, 1.54) is 5.56 Å². The Morgan fingerprint density at radius 1 is 1.33 bits per heavy atom. The summed E-state index contributed by atoms with van der Waals surface area (Å²) in [6.07, 6.45) is -3.32. The Kier molecular flexibility index (Phi) is 3.92. The van der Waals surface area contributed by atoms with E-state index in [9.17, 15) is 13.2 Å². The van der Waals surface area contributed by atoms with Crippen molar-refractivity contribution in [1.82, 2.24) is 5.32 Å². The molecule has 0 amide bonds. The summed E-state index contributed by atoms with van der Waals surface area (Å²) in [6, 6.07) is 7.63. The van der Waals surface area contributed by atoms with Gasteiger partial charge in [0.2, 0.25) is 0 Å². The Balaban J connectivity index is 2.11. The summed E-state index contributed by atoms with van der Waals surface area (Å²) in [5.41, 5.74) is 2.22. The molecular weight excluding hydrogens is 243 g/mol. The number of alkyl halides is 3. The third-order valence-electron chi connectivity index (χ3n) is 3.23. The number of nitrogens with one attached hydrogen (secondary N) is 1. The van der Waals surface area contributed by atoms with E-state index >= 15 is 0 Å². The van der Waals surface area contributed by atoms with E-state index in [2.05, 4.69) is 5.32 Å². The quantitative estimate of drug-likeness (QED) is 0.901. The highest BCUT2D eigenvalue weighted by Crippen LogP contribution is 2.32. The molecule has 18 heavy (non-hydrogen) atoms. The van der Waals surface area contributed by atoms with Gasteiger partial charge in [0, 0.05) is 0 Å². The second-order valence-corrected chi connectivity index (χ2v) is 4.47. The van der Waals surface area contributed by atoms with E-state index in [0.29, 0.717) is 6.42 Å². The van der Waals surface area contributed by atoms with Crippen LogP contribution < -0.4 is 5.32 Å². The number of aryl methyl sites for hydroxylation is 1. The first-order valence-corrected chi connectivity index (χ1v) is 5.94. The Hall–Kier alpha value is -1.07. The lowest BCUT2D eigenvalue weighted by Gasteiger charge is -2.33. The van der Waals surface area contributed by atoms with Gasteiger partial charge in [-0.15, -0.1) is 0 Å². The van der Waals surface area contributed by atoms with E-state index in [0.717, 1.165) is 12.0 Å². The van der Waals surface area contributed by atoms with Crippen LogP contribution in [0.2, 0.25) is 0 Å². The smallest absolute Gasteiger partial charge is 0.367 e. The van der Waals surface area contributed by atoms with Crippen LogP contribution in [0.5, 0.6) is 0 Å². The fourth-order valence-corrected chi connectivity index (χ4v) is 2.45. The van der Waals surface area contributed by atoms with Crippen molar-refractivity contribution in [2.24, 2.45) is 0 Å². The Morgan fingerprint density at radius 3 is 2.72 bits per heavy atom. The van der Waals surface area contributed by atoms with Gasteiger partial charge in [-0.2, -0.15) is 13.2 Å². The predicted molar refractivity (Wildman–Crippen MR) is 62.4 cm³/mol. The number of ether oxygens (including phenoxy) is 1. The molecule has 2 atom stereocenters. The van der Waals surface area contributed by atoms with Crippen LogP contribution in [-0.2, 0) is 11.2 Å². The molecule has 0 aromatic heterocycles. The molecule has 0 bridgehead atoms. The van der Waals surface area contributed by atoms with Gasteiger partial charge in [-0.25, -0.2) is 0 Å².